The fourth-order valence-corrected chi connectivity index (χ4v) is 2.63. The number of fused-ring (bicyclic) bond motifs is 1. The number of nitrogens with one attached hydrogen (secondary N) is 1. The summed E-state index contributed by atoms with van der Waals surface area (Å²) in [7, 11) is 0. The first-order valence-electron chi connectivity index (χ1n) is 7.83. The molecule has 1 N–H and O–H groups in total. The summed E-state index contributed by atoms with van der Waals surface area (Å²) in [5.41, 5.74) is 3.91. The van der Waals surface area contributed by atoms with Gasteiger partial charge in [0.05, 0.1) is 24.5 Å². The number of carbonyl (C=O) groups is 2. The summed E-state index contributed by atoms with van der Waals surface area (Å²) in [6.45, 7) is 8.47. The van der Waals surface area contributed by atoms with E-state index in [-0.39, 0.29) is 18.4 Å². The van der Waals surface area contributed by atoms with Crippen molar-refractivity contribution in [2.75, 3.05) is 23.4 Å². The SMILES string of the molecule is CCCOC(=O)C(CC)N1C(=O)CNc2cc(C)c(C)cc21. The quantitative estimate of drug-likeness (QED) is 0.850. The first-order chi connectivity index (χ1) is 10.5. The van der Waals surface area contributed by atoms with Gasteiger partial charge in [-0.2, -0.15) is 0 Å². The maximum atomic E-state index is 12.4. The average molecular weight is 304 g/mol. The topological polar surface area (TPSA) is 58.6 Å². The monoisotopic (exact) mass is 304 g/mol. The van der Waals surface area contributed by atoms with Crippen LogP contribution in [-0.4, -0.2) is 31.1 Å². The first-order valence-corrected chi connectivity index (χ1v) is 7.83. The molecule has 1 amide bonds. The van der Waals surface area contributed by atoms with Gasteiger partial charge < -0.3 is 10.1 Å². The highest BCUT2D eigenvalue weighted by molar-refractivity contribution is 6.06. The highest BCUT2D eigenvalue weighted by Crippen LogP contribution is 2.34. The van der Waals surface area contributed by atoms with Gasteiger partial charge >= 0.3 is 5.97 Å². The summed E-state index contributed by atoms with van der Waals surface area (Å²) in [5.74, 6) is -0.431. The number of anilines is 2. The van der Waals surface area contributed by atoms with Crippen molar-refractivity contribution in [2.24, 2.45) is 0 Å². The Bertz CT molecular complexity index is 584. The predicted molar refractivity (Wildman–Crippen MR) is 87.2 cm³/mol. The second-order valence-corrected chi connectivity index (χ2v) is 5.66. The molecule has 0 bridgehead atoms. The second-order valence-electron chi connectivity index (χ2n) is 5.66. The third-order valence-electron chi connectivity index (χ3n) is 3.99. The smallest absolute Gasteiger partial charge is 0.329 e. The van der Waals surface area contributed by atoms with E-state index >= 15 is 0 Å². The summed E-state index contributed by atoms with van der Waals surface area (Å²) in [5, 5.41) is 3.13. The molecule has 2 rings (SSSR count). The van der Waals surface area contributed by atoms with Gasteiger partial charge in [-0.05, 0) is 49.9 Å². The van der Waals surface area contributed by atoms with Gasteiger partial charge in [0.2, 0.25) is 5.91 Å². The average Bonchev–Trinajstić information content (AvgIpc) is 2.50. The standard InChI is InChI=1S/C17H24N2O3/c1-5-7-22-17(21)14(6-2)19-15-9-12(4)11(3)8-13(15)18-10-16(19)20/h8-9,14,18H,5-7,10H2,1-4H3. The van der Waals surface area contributed by atoms with Gasteiger partial charge in [0.15, 0.2) is 0 Å². The summed E-state index contributed by atoms with van der Waals surface area (Å²) in [6.07, 6.45) is 1.30. The summed E-state index contributed by atoms with van der Waals surface area (Å²) >= 11 is 0. The minimum atomic E-state index is -0.568. The lowest BCUT2D eigenvalue weighted by molar-refractivity contribution is -0.146. The molecule has 5 heteroatoms. The Balaban J connectivity index is 2.39. The van der Waals surface area contributed by atoms with Crippen molar-refractivity contribution in [3.05, 3.63) is 23.3 Å². The van der Waals surface area contributed by atoms with Gasteiger partial charge in [-0.15, -0.1) is 0 Å². The van der Waals surface area contributed by atoms with E-state index in [4.69, 9.17) is 4.74 Å². The molecule has 1 heterocycles. The first kappa shape index (κ1) is 16.3. The van der Waals surface area contributed by atoms with Crippen LogP contribution in [0.15, 0.2) is 12.1 Å². The fourth-order valence-electron chi connectivity index (χ4n) is 2.63. The van der Waals surface area contributed by atoms with Gasteiger partial charge in [0.25, 0.3) is 0 Å². The lowest BCUT2D eigenvalue weighted by Crippen LogP contribution is -2.50. The molecule has 0 saturated carbocycles. The number of ether oxygens (including phenoxy) is 1. The molecule has 1 aliphatic rings. The minimum absolute atomic E-state index is 0.101. The normalized spacial score (nSPS) is 15.1. The van der Waals surface area contributed by atoms with Gasteiger partial charge in [0.1, 0.15) is 6.04 Å². The molecule has 1 atom stereocenters. The zero-order valence-corrected chi connectivity index (χ0v) is 13.7. The van der Waals surface area contributed by atoms with Crippen molar-refractivity contribution in [2.45, 2.75) is 46.6 Å². The van der Waals surface area contributed by atoms with Crippen LogP contribution < -0.4 is 10.2 Å². The van der Waals surface area contributed by atoms with Crippen LogP contribution in [0.5, 0.6) is 0 Å². The lowest BCUT2D eigenvalue weighted by Gasteiger charge is -2.35. The highest BCUT2D eigenvalue weighted by Gasteiger charge is 2.34. The molecule has 120 valence electrons. The van der Waals surface area contributed by atoms with Crippen LogP contribution in [-0.2, 0) is 14.3 Å². The molecule has 0 saturated heterocycles. The second kappa shape index (κ2) is 6.81. The van der Waals surface area contributed by atoms with Crippen LogP contribution in [0.2, 0.25) is 0 Å². The number of hydrogen-bond donors (Lipinski definition) is 1. The Kier molecular flexibility index (Phi) is 5.06. The van der Waals surface area contributed by atoms with E-state index in [0.29, 0.717) is 13.0 Å². The highest BCUT2D eigenvalue weighted by atomic mass is 16.5. The van der Waals surface area contributed by atoms with Gasteiger partial charge in [-0.3, -0.25) is 9.69 Å². The van der Waals surface area contributed by atoms with Crippen molar-refractivity contribution in [3.63, 3.8) is 0 Å². The maximum absolute atomic E-state index is 12.4. The largest absolute Gasteiger partial charge is 0.464 e. The number of aryl methyl sites for hydroxylation is 2. The summed E-state index contributed by atoms with van der Waals surface area (Å²) in [6, 6.07) is 3.42. The van der Waals surface area contributed by atoms with Crippen LogP contribution in [0.1, 0.15) is 37.8 Å². The lowest BCUT2D eigenvalue weighted by atomic mass is 10.0. The minimum Gasteiger partial charge on any atom is -0.464 e. The molecule has 1 aromatic rings. The third-order valence-corrected chi connectivity index (χ3v) is 3.99. The van der Waals surface area contributed by atoms with E-state index in [0.717, 1.165) is 28.9 Å². The van der Waals surface area contributed by atoms with Gasteiger partial charge in [-0.1, -0.05) is 13.8 Å². The van der Waals surface area contributed by atoms with Crippen LogP contribution >= 0.6 is 0 Å². The number of carbonyl (C=O) groups excluding carboxylic acids is 2. The molecular weight excluding hydrogens is 280 g/mol. The van der Waals surface area contributed by atoms with Crippen molar-refractivity contribution in [3.8, 4) is 0 Å². The molecule has 0 radical (unpaired) electrons. The number of hydrogen-bond acceptors (Lipinski definition) is 4. The van der Waals surface area contributed by atoms with Crippen molar-refractivity contribution < 1.29 is 14.3 Å². The molecule has 1 aromatic carbocycles. The molecule has 1 unspecified atom stereocenters. The maximum Gasteiger partial charge on any atom is 0.329 e. The van der Waals surface area contributed by atoms with Crippen LogP contribution in [0.3, 0.4) is 0 Å². The molecule has 1 aliphatic heterocycles. The number of amides is 1. The number of nitrogens with zero attached hydrogens (tertiary/aromatic N) is 1. The Hall–Kier alpha value is -2.04. The van der Waals surface area contributed by atoms with Gasteiger partial charge in [-0.25, -0.2) is 4.79 Å². The molecule has 5 nitrogen and oxygen atoms in total. The Morgan fingerprint density at radius 2 is 2.00 bits per heavy atom. The van der Waals surface area contributed by atoms with E-state index in [1.54, 1.807) is 4.90 Å². The molecule has 0 fully saturated rings. The van der Waals surface area contributed by atoms with Gasteiger partial charge in [0, 0.05) is 0 Å². The summed E-state index contributed by atoms with van der Waals surface area (Å²) in [4.78, 5) is 26.3. The molecule has 0 aliphatic carbocycles. The van der Waals surface area contributed by atoms with Crippen molar-refractivity contribution >= 4 is 23.3 Å². The third kappa shape index (κ3) is 3.08. The molecule has 0 aromatic heterocycles. The van der Waals surface area contributed by atoms with Crippen LogP contribution in [0, 0.1) is 13.8 Å². The van der Waals surface area contributed by atoms with E-state index in [9.17, 15) is 9.59 Å². The zero-order valence-electron chi connectivity index (χ0n) is 13.7. The van der Waals surface area contributed by atoms with E-state index in [1.165, 1.54) is 0 Å². The Morgan fingerprint density at radius 3 is 2.64 bits per heavy atom. The molecule has 22 heavy (non-hydrogen) atoms. The zero-order chi connectivity index (χ0) is 16.3. The van der Waals surface area contributed by atoms with E-state index in [2.05, 4.69) is 5.32 Å². The number of benzene rings is 1. The van der Waals surface area contributed by atoms with Crippen LogP contribution in [0.4, 0.5) is 11.4 Å². The van der Waals surface area contributed by atoms with Crippen molar-refractivity contribution in [1.29, 1.82) is 0 Å². The van der Waals surface area contributed by atoms with E-state index < -0.39 is 6.04 Å². The molecule has 0 spiro atoms. The van der Waals surface area contributed by atoms with Crippen LogP contribution in [0.25, 0.3) is 0 Å². The Morgan fingerprint density at radius 1 is 1.32 bits per heavy atom. The van der Waals surface area contributed by atoms with Crippen molar-refractivity contribution in [1.82, 2.24) is 0 Å². The summed E-state index contributed by atoms with van der Waals surface area (Å²) < 4.78 is 5.26. The predicted octanol–water partition coefficient (Wildman–Crippen LogP) is 2.79. The number of esters is 1. The fraction of sp³-hybridized carbons (Fsp3) is 0.529. The van der Waals surface area contributed by atoms with E-state index in [1.807, 2.05) is 39.8 Å². The molecular formula is C17H24N2O3. The Labute approximate surface area is 131 Å². The number of rotatable bonds is 5.